The van der Waals surface area contributed by atoms with Crippen LogP contribution in [-0.4, -0.2) is 4.98 Å². The monoisotopic (exact) mass is 266 g/mol. The summed E-state index contributed by atoms with van der Waals surface area (Å²) >= 11 is 3.55. The summed E-state index contributed by atoms with van der Waals surface area (Å²) < 4.78 is 0. The van der Waals surface area contributed by atoms with E-state index in [1.807, 2.05) is 18.3 Å². The molecule has 2 heterocycles. The Morgan fingerprint density at radius 1 is 1.18 bits per heavy atom. The Labute approximate surface area is 111 Å². The highest BCUT2D eigenvalue weighted by atomic mass is 32.1. The number of hydrogen-bond donors (Lipinski definition) is 1. The van der Waals surface area contributed by atoms with Gasteiger partial charge in [-0.15, -0.1) is 22.7 Å². The van der Waals surface area contributed by atoms with Crippen molar-refractivity contribution in [3.05, 3.63) is 38.0 Å². The normalized spacial score (nSPS) is 14.8. The van der Waals surface area contributed by atoms with Crippen LogP contribution in [0.15, 0.2) is 16.8 Å². The average molecular weight is 266 g/mol. The zero-order chi connectivity index (χ0) is 12.4. The van der Waals surface area contributed by atoms with Crippen molar-refractivity contribution in [2.24, 2.45) is 0 Å². The van der Waals surface area contributed by atoms with Gasteiger partial charge in [-0.25, -0.2) is 4.98 Å². The first kappa shape index (κ1) is 12.7. The summed E-state index contributed by atoms with van der Waals surface area (Å²) in [5.41, 5.74) is 2.48. The highest BCUT2D eigenvalue weighted by Gasteiger charge is 2.15. The summed E-state index contributed by atoms with van der Waals surface area (Å²) in [5.74, 6) is 0. The number of rotatable bonds is 4. The molecule has 0 amide bonds. The van der Waals surface area contributed by atoms with Crippen LogP contribution in [0.1, 0.15) is 47.1 Å². The van der Waals surface area contributed by atoms with Gasteiger partial charge in [-0.2, -0.15) is 0 Å². The molecular formula is C13H18N2S2. The van der Waals surface area contributed by atoms with Gasteiger partial charge < -0.3 is 5.32 Å². The third-order valence-electron chi connectivity index (χ3n) is 2.80. The molecule has 0 aromatic carbocycles. The molecule has 0 saturated heterocycles. The average Bonchev–Trinajstić information content (AvgIpc) is 2.86. The van der Waals surface area contributed by atoms with E-state index in [4.69, 9.17) is 0 Å². The molecule has 2 unspecified atom stereocenters. The highest BCUT2D eigenvalue weighted by Crippen LogP contribution is 2.27. The van der Waals surface area contributed by atoms with E-state index in [1.54, 1.807) is 11.3 Å². The molecule has 0 bridgehead atoms. The van der Waals surface area contributed by atoms with Crippen LogP contribution in [0.5, 0.6) is 0 Å². The van der Waals surface area contributed by atoms with Crippen molar-refractivity contribution in [1.29, 1.82) is 0 Å². The van der Waals surface area contributed by atoms with Gasteiger partial charge >= 0.3 is 0 Å². The van der Waals surface area contributed by atoms with Crippen molar-refractivity contribution in [3.63, 3.8) is 0 Å². The maximum atomic E-state index is 4.53. The first-order chi connectivity index (χ1) is 8.08. The van der Waals surface area contributed by atoms with Gasteiger partial charge in [0, 0.05) is 22.0 Å². The zero-order valence-corrected chi connectivity index (χ0v) is 12.3. The Morgan fingerprint density at radius 2 is 1.94 bits per heavy atom. The molecule has 2 nitrogen and oxygen atoms in total. The number of aryl methyl sites for hydroxylation is 2. The number of nitrogens with one attached hydrogen (secondary N) is 1. The predicted molar refractivity (Wildman–Crippen MR) is 75.9 cm³/mol. The lowest BCUT2D eigenvalue weighted by Crippen LogP contribution is -2.22. The van der Waals surface area contributed by atoms with E-state index in [1.165, 1.54) is 15.4 Å². The molecule has 1 N–H and O–H groups in total. The summed E-state index contributed by atoms with van der Waals surface area (Å²) in [6.07, 6.45) is 0. The van der Waals surface area contributed by atoms with E-state index in [0.717, 1.165) is 5.69 Å². The van der Waals surface area contributed by atoms with Gasteiger partial charge in [0.2, 0.25) is 0 Å². The van der Waals surface area contributed by atoms with Gasteiger partial charge in [0.25, 0.3) is 0 Å². The molecule has 0 saturated carbocycles. The summed E-state index contributed by atoms with van der Waals surface area (Å²) in [6, 6.07) is 2.87. The summed E-state index contributed by atoms with van der Waals surface area (Å²) in [4.78, 5) is 5.95. The molecule has 0 spiro atoms. The van der Waals surface area contributed by atoms with Crippen molar-refractivity contribution in [3.8, 4) is 0 Å². The third kappa shape index (κ3) is 2.94. The van der Waals surface area contributed by atoms with E-state index in [9.17, 15) is 0 Å². The topological polar surface area (TPSA) is 24.9 Å². The van der Waals surface area contributed by atoms with Crippen molar-refractivity contribution in [2.75, 3.05) is 0 Å². The Morgan fingerprint density at radius 3 is 2.47 bits per heavy atom. The van der Waals surface area contributed by atoms with Crippen LogP contribution in [0.4, 0.5) is 0 Å². The quantitative estimate of drug-likeness (QED) is 0.895. The molecule has 2 atom stereocenters. The largest absolute Gasteiger partial charge is 0.301 e. The van der Waals surface area contributed by atoms with Crippen molar-refractivity contribution >= 4 is 22.7 Å². The minimum atomic E-state index is 0.310. The summed E-state index contributed by atoms with van der Waals surface area (Å²) in [6.45, 7) is 8.61. The van der Waals surface area contributed by atoms with Crippen LogP contribution in [0.25, 0.3) is 0 Å². The van der Waals surface area contributed by atoms with Gasteiger partial charge in [-0.05, 0) is 44.7 Å². The van der Waals surface area contributed by atoms with Gasteiger partial charge in [0.05, 0.1) is 6.04 Å². The first-order valence-electron chi connectivity index (χ1n) is 5.80. The lowest BCUT2D eigenvalue weighted by Gasteiger charge is -2.18. The molecular weight excluding hydrogens is 248 g/mol. The van der Waals surface area contributed by atoms with E-state index in [0.29, 0.717) is 12.1 Å². The Bertz CT molecular complexity index is 487. The van der Waals surface area contributed by atoms with E-state index in [2.05, 4.69) is 47.9 Å². The molecule has 0 aliphatic heterocycles. The molecule has 2 aromatic rings. The number of aromatic nitrogens is 1. The van der Waals surface area contributed by atoms with Crippen LogP contribution in [0.2, 0.25) is 0 Å². The van der Waals surface area contributed by atoms with Crippen molar-refractivity contribution in [1.82, 2.24) is 10.3 Å². The number of thiazole rings is 1. The van der Waals surface area contributed by atoms with Gasteiger partial charge in [0.1, 0.15) is 5.01 Å². The fraction of sp³-hybridized carbons (Fsp3) is 0.462. The zero-order valence-electron chi connectivity index (χ0n) is 10.7. The number of hydrogen-bond acceptors (Lipinski definition) is 4. The smallest absolute Gasteiger partial charge is 0.110 e. The van der Waals surface area contributed by atoms with E-state index >= 15 is 0 Å². The molecule has 92 valence electrons. The SMILES string of the molecule is Cc1csc(C(C)NC(C)c2sccc2C)n1. The molecule has 2 aromatic heterocycles. The minimum absolute atomic E-state index is 0.310. The van der Waals surface area contributed by atoms with Crippen molar-refractivity contribution < 1.29 is 0 Å². The molecule has 4 heteroatoms. The van der Waals surface area contributed by atoms with Gasteiger partial charge in [-0.3, -0.25) is 0 Å². The third-order valence-corrected chi connectivity index (χ3v) is 5.15. The van der Waals surface area contributed by atoms with Crippen LogP contribution < -0.4 is 5.32 Å². The maximum Gasteiger partial charge on any atom is 0.110 e. The molecule has 0 aliphatic rings. The first-order valence-corrected chi connectivity index (χ1v) is 7.56. The minimum Gasteiger partial charge on any atom is -0.301 e. The van der Waals surface area contributed by atoms with Crippen LogP contribution in [0.3, 0.4) is 0 Å². The predicted octanol–water partition coefficient (Wildman–Crippen LogP) is 4.23. The lowest BCUT2D eigenvalue weighted by atomic mass is 10.1. The summed E-state index contributed by atoms with van der Waals surface area (Å²) in [7, 11) is 0. The standard InChI is InChI=1S/C13H18N2S2/c1-8-5-6-16-12(8)10(3)15-11(4)13-14-9(2)7-17-13/h5-7,10-11,15H,1-4H3. The Kier molecular flexibility index (Phi) is 3.97. The fourth-order valence-electron chi connectivity index (χ4n) is 1.92. The van der Waals surface area contributed by atoms with Gasteiger partial charge in [0.15, 0.2) is 0 Å². The molecule has 2 rings (SSSR count). The van der Waals surface area contributed by atoms with Crippen LogP contribution in [-0.2, 0) is 0 Å². The second-order valence-electron chi connectivity index (χ2n) is 4.41. The van der Waals surface area contributed by atoms with E-state index in [-0.39, 0.29) is 0 Å². The number of nitrogens with zero attached hydrogens (tertiary/aromatic N) is 1. The van der Waals surface area contributed by atoms with Crippen LogP contribution in [0, 0.1) is 13.8 Å². The van der Waals surface area contributed by atoms with Crippen molar-refractivity contribution in [2.45, 2.75) is 39.8 Å². The van der Waals surface area contributed by atoms with E-state index < -0.39 is 0 Å². The Balaban J connectivity index is 2.04. The fourth-order valence-corrected chi connectivity index (χ4v) is 3.68. The lowest BCUT2D eigenvalue weighted by molar-refractivity contribution is 0.497. The second-order valence-corrected chi connectivity index (χ2v) is 6.24. The van der Waals surface area contributed by atoms with Crippen LogP contribution >= 0.6 is 22.7 Å². The Hall–Kier alpha value is -0.710. The van der Waals surface area contributed by atoms with Gasteiger partial charge in [-0.1, -0.05) is 0 Å². The summed E-state index contributed by atoms with van der Waals surface area (Å²) in [5, 5.41) is 9.04. The molecule has 0 aliphatic carbocycles. The molecule has 0 fully saturated rings. The highest BCUT2D eigenvalue weighted by molar-refractivity contribution is 7.10. The molecule has 0 radical (unpaired) electrons. The number of thiophene rings is 1. The maximum absolute atomic E-state index is 4.53. The molecule has 17 heavy (non-hydrogen) atoms. The second kappa shape index (κ2) is 5.29.